The van der Waals surface area contributed by atoms with Gasteiger partial charge in [0.2, 0.25) is 0 Å². The molecular formula is C77H134O6. The summed E-state index contributed by atoms with van der Waals surface area (Å²) in [4.78, 5) is 38.4. The molecule has 0 saturated heterocycles. The lowest BCUT2D eigenvalue weighted by Gasteiger charge is -2.18. The van der Waals surface area contributed by atoms with Crippen LogP contribution in [0.2, 0.25) is 0 Å². The van der Waals surface area contributed by atoms with Crippen LogP contribution in [0.15, 0.2) is 97.2 Å². The fraction of sp³-hybridized carbons (Fsp3) is 0.753. The molecule has 0 aliphatic heterocycles. The zero-order chi connectivity index (χ0) is 59.9. The first kappa shape index (κ1) is 79.3. The van der Waals surface area contributed by atoms with Crippen molar-refractivity contribution in [1.82, 2.24) is 0 Å². The Labute approximate surface area is 515 Å². The predicted molar refractivity (Wildman–Crippen MR) is 362 cm³/mol. The van der Waals surface area contributed by atoms with Gasteiger partial charge in [-0.1, -0.05) is 311 Å². The van der Waals surface area contributed by atoms with E-state index in [0.29, 0.717) is 19.3 Å². The van der Waals surface area contributed by atoms with Crippen LogP contribution in [0, 0.1) is 0 Å². The van der Waals surface area contributed by atoms with E-state index in [1.807, 2.05) is 0 Å². The third-order valence-electron chi connectivity index (χ3n) is 15.5. The first-order valence-corrected chi connectivity index (χ1v) is 35.7. The van der Waals surface area contributed by atoms with Crippen molar-refractivity contribution in [2.45, 2.75) is 361 Å². The highest BCUT2D eigenvalue weighted by atomic mass is 16.6. The standard InChI is InChI=1S/C77H134O6/c1-4-7-10-13-16-19-22-25-27-29-31-33-35-36-37-38-39-40-42-43-45-47-49-52-55-58-61-64-67-70-76(79)82-73-74(72-81-75(78)69-66-63-60-57-54-51-24-21-18-15-12-9-6-3)83-77(80)71-68-65-62-59-56-53-50-48-46-44-41-34-32-30-28-26-23-20-17-14-11-8-5-2/h8,11,17,20-21,24,26,28-29,31-32,34,44,46,50,53,74H,4-7,9-10,12-16,18-19,22-23,25,27,30,33,35-43,45,47-49,51-52,54-73H2,1-3H3/b11-8-,20-17-,24-21-,28-26-,31-29-,34-32-,46-44-,53-50-. The van der Waals surface area contributed by atoms with Crippen LogP contribution in [0.25, 0.3) is 0 Å². The van der Waals surface area contributed by atoms with Crippen LogP contribution in [0.5, 0.6) is 0 Å². The molecule has 0 N–H and O–H groups in total. The summed E-state index contributed by atoms with van der Waals surface area (Å²) in [7, 11) is 0. The number of carbonyl (C=O) groups excluding carboxylic acids is 3. The van der Waals surface area contributed by atoms with E-state index in [0.717, 1.165) is 116 Å². The maximum atomic E-state index is 12.9. The van der Waals surface area contributed by atoms with E-state index in [1.54, 1.807) is 0 Å². The number of rotatable bonds is 65. The second-order valence-corrected chi connectivity index (χ2v) is 23.8. The first-order chi connectivity index (χ1) is 41.0. The Balaban J connectivity index is 4.29. The van der Waals surface area contributed by atoms with Gasteiger partial charge in [0.1, 0.15) is 13.2 Å². The number of hydrogen-bond acceptors (Lipinski definition) is 6. The molecular weight excluding hydrogens is 1020 g/mol. The van der Waals surface area contributed by atoms with Crippen LogP contribution in [-0.2, 0) is 28.6 Å². The molecule has 0 radical (unpaired) electrons. The van der Waals surface area contributed by atoms with Crippen LogP contribution >= 0.6 is 0 Å². The summed E-state index contributed by atoms with van der Waals surface area (Å²) >= 11 is 0. The van der Waals surface area contributed by atoms with Crippen LogP contribution < -0.4 is 0 Å². The first-order valence-electron chi connectivity index (χ1n) is 35.7. The lowest BCUT2D eigenvalue weighted by Crippen LogP contribution is -2.30. The Kier molecular flexibility index (Phi) is 67.7. The van der Waals surface area contributed by atoms with Gasteiger partial charge in [0, 0.05) is 19.3 Å². The van der Waals surface area contributed by atoms with Gasteiger partial charge in [-0.2, -0.15) is 0 Å². The minimum absolute atomic E-state index is 0.0886. The number of carbonyl (C=O) groups is 3. The topological polar surface area (TPSA) is 78.9 Å². The fourth-order valence-corrected chi connectivity index (χ4v) is 10.2. The summed E-state index contributed by atoms with van der Waals surface area (Å²) in [5, 5.41) is 0. The number of esters is 3. The average Bonchev–Trinajstić information content (AvgIpc) is 3.49. The molecule has 1 atom stereocenters. The van der Waals surface area contributed by atoms with E-state index in [-0.39, 0.29) is 31.1 Å². The normalized spacial score (nSPS) is 12.7. The Morgan fingerprint density at radius 2 is 0.470 bits per heavy atom. The van der Waals surface area contributed by atoms with E-state index in [9.17, 15) is 14.4 Å². The van der Waals surface area contributed by atoms with E-state index in [4.69, 9.17) is 14.2 Å². The third-order valence-corrected chi connectivity index (χ3v) is 15.5. The van der Waals surface area contributed by atoms with E-state index < -0.39 is 6.10 Å². The second kappa shape index (κ2) is 70.8. The number of unbranched alkanes of at least 4 members (excludes halogenated alkanes) is 38. The van der Waals surface area contributed by atoms with Gasteiger partial charge in [-0.15, -0.1) is 0 Å². The van der Waals surface area contributed by atoms with Gasteiger partial charge in [-0.05, 0) is 122 Å². The van der Waals surface area contributed by atoms with Gasteiger partial charge in [-0.3, -0.25) is 14.4 Å². The number of ether oxygens (including phenoxy) is 3. The molecule has 1 unspecified atom stereocenters. The summed E-state index contributed by atoms with van der Waals surface area (Å²) in [6.45, 7) is 6.52. The summed E-state index contributed by atoms with van der Waals surface area (Å²) in [5.41, 5.74) is 0. The zero-order valence-electron chi connectivity index (χ0n) is 54.9. The number of allylic oxidation sites excluding steroid dienone is 16. The van der Waals surface area contributed by atoms with Crippen molar-refractivity contribution in [1.29, 1.82) is 0 Å². The quantitative estimate of drug-likeness (QED) is 0.0261. The van der Waals surface area contributed by atoms with E-state index in [1.165, 1.54) is 199 Å². The average molecular weight is 1160 g/mol. The van der Waals surface area contributed by atoms with Crippen molar-refractivity contribution in [3.05, 3.63) is 97.2 Å². The maximum Gasteiger partial charge on any atom is 0.306 e. The van der Waals surface area contributed by atoms with Crippen molar-refractivity contribution in [2.75, 3.05) is 13.2 Å². The summed E-state index contributed by atoms with van der Waals surface area (Å²) in [5.74, 6) is -0.908. The third kappa shape index (κ3) is 69.0. The minimum Gasteiger partial charge on any atom is -0.462 e. The summed E-state index contributed by atoms with van der Waals surface area (Å²) in [6.07, 6.45) is 95.9. The molecule has 0 aliphatic carbocycles. The second-order valence-electron chi connectivity index (χ2n) is 23.8. The van der Waals surface area contributed by atoms with Gasteiger partial charge in [0.25, 0.3) is 0 Å². The maximum absolute atomic E-state index is 12.9. The highest BCUT2D eigenvalue weighted by Gasteiger charge is 2.19. The zero-order valence-corrected chi connectivity index (χ0v) is 54.9. The fourth-order valence-electron chi connectivity index (χ4n) is 10.2. The van der Waals surface area contributed by atoms with Gasteiger partial charge < -0.3 is 14.2 Å². The molecule has 83 heavy (non-hydrogen) atoms. The lowest BCUT2D eigenvalue weighted by atomic mass is 10.0. The monoisotopic (exact) mass is 1160 g/mol. The molecule has 0 heterocycles. The summed E-state index contributed by atoms with van der Waals surface area (Å²) in [6, 6.07) is 0. The highest BCUT2D eigenvalue weighted by Crippen LogP contribution is 2.17. The molecule has 0 aromatic carbocycles. The van der Waals surface area contributed by atoms with Crippen LogP contribution in [0.4, 0.5) is 0 Å². The van der Waals surface area contributed by atoms with E-state index >= 15 is 0 Å². The van der Waals surface area contributed by atoms with E-state index in [2.05, 4.69) is 118 Å². The lowest BCUT2D eigenvalue weighted by molar-refractivity contribution is -0.167. The number of hydrogen-bond donors (Lipinski definition) is 0. The molecule has 0 aromatic rings. The minimum atomic E-state index is -0.796. The molecule has 0 aromatic heterocycles. The van der Waals surface area contributed by atoms with Crippen molar-refractivity contribution < 1.29 is 28.6 Å². The largest absolute Gasteiger partial charge is 0.462 e. The van der Waals surface area contributed by atoms with Gasteiger partial charge in [0.15, 0.2) is 6.10 Å². The van der Waals surface area contributed by atoms with Crippen LogP contribution in [-0.4, -0.2) is 37.2 Å². The van der Waals surface area contributed by atoms with Crippen molar-refractivity contribution in [2.24, 2.45) is 0 Å². The molecule has 478 valence electrons. The molecule has 0 rings (SSSR count). The Bertz CT molecular complexity index is 1610. The van der Waals surface area contributed by atoms with Crippen molar-refractivity contribution >= 4 is 17.9 Å². The predicted octanol–water partition coefficient (Wildman–Crippen LogP) is 24.8. The SMILES string of the molecule is CC/C=C\C/C=C\C/C=C\C/C=C\C/C=C\C/C=C\CCCCCCC(=O)OC(COC(=O)CCCCCCC/C=C\CCCCCC)COC(=O)CCCCCCCCCCCCCCCCCCC/C=C\CCCCCCCCCC. The smallest absolute Gasteiger partial charge is 0.306 e. The Hall–Kier alpha value is -3.67. The molecule has 0 saturated carbocycles. The molecule has 6 heteroatoms. The summed E-state index contributed by atoms with van der Waals surface area (Å²) < 4.78 is 16.9. The van der Waals surface area contributed by atoms with Crippen molar-refractivity contribution in [3.8, 4) is 0 Å². The van der Waals surface area contributed by atoms with Gasteiger partial charge in [0.05, 0.1) is 0 Å². The molecule has 0 spiro atoms. The Morgan fingerprint density at radius 1 is 0.253 bits per heavy atom. The molecule has 0 fully saturated rings. The van der Waals surface area contributed by atoms with Gasteiger partial charge in [-0.25, -0.2) is 0 Å². The molecule has 0 bridgehead atoms. The molecule has 6 nitrogen and oxygen atoms in total. The van der Waals surface area contributed by atoms with Gasteiger partial charge >= 0.3 is 17.9 Å². The highest BCUT2D eigenvalue weighted by molar-refractivity contribution is 5.71. The Morgan fingerprint density at radius 3 is 0.759 bits per heavy atom. The van der Waals surface area contributed by atoms with Crippen LogP contribution in [0.1, 0.15) is 355 Å². The van der Waals surface area contributed by atoms with Crippen LogP contribution in [0.3, 0.4) is 0 Å². The van der Waals surface area contributed by atoms with Crippen molar-refractivity contribution in [3.63, 3.8) is 0 Å². The molecule has 0 aliphatic rings. The molecule has 0 amide bonds.